The standard InChI is InChI=1S/C17H28N2O/c1-4-14-5-6-15(13(2)3)16(17(14)20)7-10-19-11-8-18-9-12-19/h5-6,13,18,20H,4,7-12H2,1-3H3. The molecule has 2 rings (SSSR count). The van der Waals surface area contributed by atoms with Crippen LogP contribution in [0.2, 0.25) is 0 Å². The number of phenols is 1. The maximum absolute atomic E-state index is 10.5. The van der Waals surface area contributed by atoms with Gasteiger partial charge < -0.3 is 15.3 Å². The van der Waals surface area contributed by atoms with Crippen LogP contribution in [0, 0.1) is 0 Å². The molecule has 1 saturated heterocycles. The van der Waals surface area contributed by atoms with Crippen LogP contribution in [-0.4, -0.2) is 42.7 Å². The van der Waals surface area contributed by atoms with E-state index in [9.17, 15) is 5.11 Å². The van der Waals surface area contributed by atoms with E-state index in [1.807, 2.05) is 0 Å². The molecular weight excluding hydrogens is 248 g/mol. The minimum atomic E-state index is 0.463. The van der Waals surface area contributed by atoms with Crippen molar-refractivity contribution in [3.8, 4) is 5.75 Å². The Labute approximate surface area is 123 Å². The van der Waals surface area contributed by atoms with Crippen LogP contribution < -0.4 is 5.32 Å². The van der Waals surface area contributed by atoms with Crippen molar-refractivity contribution < 1.29 is 5.11 Å². The first kappa shape index (κ1) is 15.3. The third kappa shape index (κ3) is 3.53. The molecule has 0 radical (unpaired) electrons. The molecule has 3 nitrogen and oxygen atoms in total. The summed E-state index contributed by atoms with van der Waals surface area (Å²) in [5.41, 5.74) is 3.54. The lowest BCUT2D eigenvalue weighted by Gasteiger charge is -2.28. The van der Waals surface area contributed by atoms with Gasteiger partial charge in [-0.3, -0.25) is 0 Å². The summed E-state index contributed by atoms with van der Waals surface area (Å²) in [6.07, 6.45) is 1.85. The van der Waals surface area contributed by atoms with E-state index in [2.05, 4.69) is 43.1 Å². The van der Waals surface area contributed by atoms with Crippen LogP contribution in [0.15, 0.2) is 12.1 Å². The molecule has 1 aromatic rings. The van der Waals surface area contributed by atoms with Crippen molar-refractivity contribution in [1.29, 1.82) is 0 Å². The summed E-state index contributed by atoms with van der Waals surface area (Å²) in [6, 6.07) is 4.29. The van der Waals surface area contributed by atoms with Crippen molar-refractivity contribution >= 4 is 0 Å². The third-order valence-electron chi connectivity index (χ3n) is 4.29. The molecule has 112 valence electrons. The van der Waals surface area contributed by atoms with Crippen molar-refractivity contribution in [3.05, 3.63) is 28.8 Å². The lowest BCUT2D eigenvalue weighted by molar-refractivity contribution is 0.243. The number of aromatic hydroxyl groups is 1. The summed E-state index contributed by atoms with van der Waals surface area (Å²) in [7, 11) is 0. The number of nitrogens with zero attached hydrogens (tertiary/aromatic N) is 1. The Morgan fingerprint density at radius 3 is 2.55 bits per heavy atom. The zero-order valence-electron chi connectivity index (χ0n) is 13.1. The maximum Gasteiger partial charge on any atom is 0.122 e. The fourth-order valence-electron chi connectivity index (χ4n) is 2.99. The molecule has 0 unspecified atom stereocenters. The highest BCUT2D eigenvalue weighted by Gasteiger charge is 2.16. The lowest BCUT2D eigenvalue weighted by Crippen LogP contribution is -2.44. The van der Waals surface area contributed by atoms with E-state index in [4.69, 9.17) is 0 Å². The smallest absolute Gasteiger partial charge is 0.122 e. The van der Waals surface area contributed by atoms with Gasteiger partial charge in [0.25, 0.3) is 0 Å². The normalized spacial score (nSPS) is 16.8. The molecule has 2 N–H and O–H groups in total. The number of hydrogen-bond acceptors (Lipinski definition) is 3. The van der Waals surface area contributed by atoms with Crippen LogP contribution in [-0.2, 0) is 12.8 Å². The maximum atomic E-state index is 10.5. The molecule has 0 bridgehead atoms. The van der Waals surface area contributed by atoms with Crippen LogP contribution in [0.3, 0.4) is 0 Å². The van der Waals surface area contributed by atoms with Crippen molar-refractivity contribution in [3.63, 3.8) is 0 Å². The number of rotatable bonds is 5. The number of aryl methyl sites for hydroxylation is 1. The van der Waals surface area contributed by atoms with Gasteiger partial charge in [-0.2, -0.15) is 0 Å². The Kier molecular flexibility index (Phi) is 5.44. The van der Waals surface area contributed by atoms with Gasteiger partial charge in [0.15, 0.2) is 0 Å². The topological polar surface area (TPSA) is 35.5 Å². The van der Waals surface area contributed by atoms with E-state index in [0.29, 0.717) is 11.7 Å². The highest BCUT2D eigenvalue weighted by Crippen LogP contribution is 2.31. The van der Waals surface area contributed by atoms with E-state index in [1.54, 1.807) is 0 Å². The second-order valence-electron chi connectivity index (χ2n) is 5.99. The molecule has 0 aliphatic carbocycles. The largest absolute Gasteiger partial charge is 0.507 e. The van der Waals surface area contributed by atoms with Crippen molar-refractivity contribution in [2.75, 3.05) is 32.7 Å². The quantitative estimate of drug-likeness (QED) is 0.867. The van der Waals surface area contributed by atoms with E-state index in [1.165, 1.54) is 5.56 Å². The Morgan fingerprint density at radius 2 is 1.95 bits per heavy atom. The number of benzene rings is 1. The average molecular weight is 276 g/mol. The molecule has 0 amide bonds. The second kappa shape index (κ2) is 7.09. The Balaban J connectivity index is 2.14. The van der Waals surface area contributed by atoms with Gasteiger partial charge in [0.1, 0.15) is 5.75 Å². The summed E-state index contributed by atoms with van der Waals surface area (Å²) in [4.78, 5) is 2.48. The summed E-state index contributed by atoms with van der Waals surface area (Å²) in [5, 5.41) is 13.9. The zero-order valence-corrected chi connectivity index (χ0v) is 13.1. The van der Waals surface area contributed by atoms with Gasteiger partial charge in [0.2, 0.25) is 0 Å². The molecule has 1 heterocycles. The van der Waals surface area contributed by atoms with Crippen LogP contribution in [0.25, 0.3) is 0 Å². The van der Waals surface area contributed by atoms with Crippen molar-refractivity contribution in [2.24, 2.45) is 0 Å². The van der Waals surface area contributed by atoms with Gasteiger partial charge in [-0.1, -0.05) is 32.9 Å². The predicted molar refractivity (Wildman–Crippen MR) is 84.6 cm³/mol. The van der Waals surface area contributed by atoms with E-state index in [0.717, 1.165) is 56.7 Å². The molecule has 1 aliphatic rings. The molecule has 1 fully saturated rings. The van der Waals surface area contributed by atoms with Crippen LogP contribution in [0.5, 0.6) is 5.75 Å². The minimum Gasteiger partial charge on any atom is -0.507 e. The molecule has 3 heteroatoms. The van der Waals surface area contributed by atoms with Crippen molar-refractivity contribution in [2.45, 2.75) is 39.5 Å². The van der Waals surface area contributed by atoms with Crippen molar-refractivity contribution in [1.82, 2.24) is 10.2 Å². The monoisotopic (exact) mass is 276 g/mol. The molecule has 20 heavy (non-hydrogen) atoms. The number of hydrogen-bond donors (Lipinski definition) is 2. The van der Waals surface area contributed by atoms with Gasteiger partial charge >= 0.3 is 0 Å². The fourth-order valence-corrected chi connectivity index (χ4v) is 2.99. The van der Waals surface area contributed by atoms with E-state index < -0.39 is 0 Å². The van der Waals surface area contributed by atoms with E-state index >= 15 is 0 Å². The molecule has 1 aliphatic heterocycles. The zero-order chi connectivity index (χ0) is 14.5. The minimum absolute atomic E-state index is 0.463. The molecule has 1 aromatic carbocycles. The molecule has 0 aromatic heterocycles. The Morgan fingerprint density at radius 1 is 1.25 bits per heavy atom. The van der Waals surface area contributed by atoms with Gasteiger partial charge in [0, 0.05) is 32.7 Å². The van der Waals surface area contributed by atoms with E-state index in [-0.39, 0.29) is 0 Å². The highest BCUT2D eigenvalue weighted by atomic mass is 16.3. The number of nitrogens with one attached hydrogen (secondary N) is 1. The highest BCUT2D eigenvalue weighted by molar-refractivity contribution is 5.47. The Hall–Kier alpha value is -1.06. The Bertz CT molecular complexity index is 437. The summed E-state index contributed by atoms with van der Waals surface area (Å²) >= 11 is 0. The SMILES string of the molecule is CCc1ccc(C(C)C)c(CCN2CCNCC2)c1O. The molecule has 0 saturated carbocycles. The first-order chi connectivity index (χ1) is 9.63. The molecule has 0 atom stereocenters. The third-order valence-corrected chi connectivity index (χ3v) is 4.29. The number of phenolic OH excluding ortho intramolecular Hbond substituents is 1. The van der Waals surface area contributed by atoms with Gasteiger partial charge in [-0.05, 0) is 35.4 Å². The predicted octanol–water partition coefficient (Wildman–Crippen LogP) is 2.53. The molecular formula is C17H28N2O. The average Bonchev–Trinajstić information content (AvgIpc) is 2.46. The van der Waals surface area contributed by atoms with Gasteiger partial charge in [-0.15, -0.1) is 0 Å². The van der Waals surface area contributed by atoms with Crippen LogP contribution >= 0.6 is 0 Å². The summed E-state index contributed by atoms with van der Waals surface area (Å²) < 4.78 is 0. The van der Waals surface area contributed by atoms with Crippen LogP contribution in [0.4, 0.5) is 0 Å². The van der Waals surface area contributed by atoms with Gasteiger partial charge in [-0.25, -0.2) is 0 Å². The lowest BCUT2D eigenvalue weighted by atomic mass is 9.91. The second-order valence-corrected chi connectivity index (χ2v) is 5.99. The first-order valence-corrected chi connectivity index (χ1v) is 7.90. The molecule has 0 spiro atoms. The summed E-state index contributed by atoms with van der Waals surface area (Å²) in [6.45, 7) is 11.9. The first-order valence-electron chi connectivity index (χ1n) is 7.90. The summed E-state index contributed by atoms with van der Waals surface area (Å²) in [5.74, 6) is 0.999. The fraction of sp³-hybridized carbons (Fsp3) is 0.647. The van der Waals surface area contributed by atoms with Crippen LogP contribution in [0.1, 0.15) is 43.4 Å². The number of piperazine rings is 1. The van der Waals surface area contributed by atoms with Gasteiger partial charge in [0.05, 0.1) is 0 Å².